The van der Waals surface area contributed by atoms with E-state index >= 15 is 0 Å². The minimum absolute atomic E-state index is 0.0342. The summed E-state index contributed by atoms with van der Waals surface area (Å²) in [6, 6.07) is 17.6. The fourth-order valence-electron chi connectivity index (χ4n) is 3.62. The maximum Gasteiger partial charge on any atom is 0.309 e. The highest BCUT2D eigenvalue weighted by Gasteiger charge is 2.31. The normalized spacial score (nSPS) is 19.3. The molecule has 1 fully saturated rings. The van der Waals surface area contributed by atoms with Crippen molar-refractivity contribution in [3.05, 3.63) is 65.7 Å². The molecule has 4 heteroatoms. The first-order chi connectivity index (χ1) is 13.2. The van der Waals surface area contributed by atoms with E-state index in [9.17, 15) is 9.59 Å². The Morgan fingerprint density at radius 1 is 0.926 bits per heavy atom. The highest BCUT2D eigenvalue weighted by molar-refractivity contribution is 5.93. The third-order valence-electron chi connectivity index (χ3n) is 5.31. The quantitative estimate of drug-likeness (QED) is 0.753. The molecule has 0 spiro atoms. The van der Waals surface area contributed by atoms with Gasteiger partial charge in [-0.25, -0.2) is 0 Å². The second-order valence-electron chi connectivity index (χ2n) is 7.14. The van der Waals surface area contributed by atoms with Crippen LogP contribution >= 0.6 is 0 Å². The van der Waals surface area contributed by atoms with Gasteiger partial charge in [0.25, 0.3) is 0 Å². The van der Waals surface area contributed by atoms with Crippen molar-refractivity contribution in [3.8, 4) is 0 Å². The molecule has 1 saturated carbocycles. The number of aryl methyl sites for hydroxylation is 1. The number of benzene rings is 2. The standard InChI is InChI=1S/C23H27NO3/c1-2-18-10-6-7-11-21(18)24-22(25)19-12-14-20(15-13-19)23(26)27-16-17-8-4-3-5-9-17/h3-11,19-20H,2,12-16H2,1H3,(H,24,25). The molecule has 1 amide bonds. The molecule has 1 N–H and O–H groups in total. The van der Waals surface area contributed by atoms with E-state index < -0.39 is 0 Å². The Kier molecular flexibility index (Phi) is 6.64. The molecule has 2 aromatic rings. The monoisotopic (exact) mass is 365 g/mol. The first kappa shape index (κ1) is 19.2. The minimum atomic E-state index is -0.144. The van der Waals surface area contributed by atoms with Crippen molar-refractivity contribution in [2.45, 2.75) is 45.6 Å². The molecule has 1 aliphatic carbocycles. The van der Waals surface area contributed by atoms with Gasteiger partial charge in [-0.3, -0.25) is 9.59 Å². The molecule has 0 radical (unpaired) electrons. The zero-order chi connectivity index (χ0) is 19.1. The van der Waals surface area contributed by atoms with Crippen LogP contribution in [-0.4, -0.2) is 11.9 Å². The maximum absolute atomic E-state index is 12.6. The first-order valence-electron chi connectivity index (χ1n) is 9.76. The van der Waals surface area contributed by atoms with Crippen molar-refractivity contribution >= 4 is 17.6 Å². The number of carbonyl (C=O) groups is 2. The SMILES string of the molecule is CCc1ccccc1NC(=O)C1CCC(C(=O)OCc2ccccc2)CC1. The molecule has 0 unspecified atom stereocenters. The van der Waals surface area contributed by atoms with Gasteiger partial charge in [-0.1, -0.05) is 55.5 Å². The van der Waals surface area contributed by atoms with Gasteiger partial charge in [-0.05, 0) is 49.3 Å². The molecule has 0 heterocycles. The van der Waals surface area contributed by atoms with Crippen LogP contribution in [0.2, 0.25) is 0 Å². The van der Waals surface area contributed by atoms with E-state index in [1.54, 1.807) is 0 Å². The van der Waals surface area contributed by atoms with Crippen molar-refractivity contribution in [2.24, 2.45) is 11.8 Å². The molecular formula is C23H27NO3. The Bertz CT molecular complexity index is 764. The summed E-state index contributed by atoms with van der Waals surface area (Å²) >= 11 is 0. The fourth-order valence-corrected chi connectivity index (χ4v) is 3.62. The van der Waals surface area contributed by atoms with E-state index in [0.717, 1.165) is 36.1 Å². The molecule has 4 nitrogen and oxygen atoms in total. The molecule has 1 aliphatic rings. The lowest BCUT2D eigenvalue weighted by Crippen LogP contribution is -2.30. The Hall–Kier alpha value is -2.62. The van der Waals surface area contributed by atoms with Crippen LogP contribution in [0.1, 0.15) is 43.7 Å². The molecule has 0 saturated heterocycles. The second-order valence-corrected chi connectivity index (χ2v) is 7.14. The summed E-state index contributed by atoms with van der Waals surface area (Å²) < 4.78 is 5.45. The minimum Gasteiger partial charge on any atom is -0.461 e. The summed E-state index contributed by atoms with van der Waals surface area (Å²) in [5, 5.41) is 3.07. The van der Waals surface area contributed by atoms with Gasteiger partial charge in [0, 0.05) is 11.6 Å². The predicted octanol–water partition coefficient (Wildman–Crippen LogP) is 4.74. The third kappa shape index (κ3) is 5.19. The number of anilines is 1. The topological polar surface area (TPSA) is 55.4 Å². The molecule has 0 aromatic heterocycles. The van der Waals surface area contributed by atoms with Crippen LogP contribution in [0.4, 0.5) is 5.69 Å². The Labute approximate surface area is 160 Å². The number of esters is 1. The van der Waals surface area contributed by atoms with Gasteiger partial charge in [-0.2, -0.15) is 0 Å². The summed E-state index contributed by atoms with van der Waals surface area (Å²) in [5.41, 5.74) is 3.03. The fraction of sp³-hybridized carbons (Fsp3) is 0.391. The molecule has 142 valence electrons. The van der Waals surface area contributed by atoms with Crippen LogP contribution in [0.5, 0.6) is 0 Å². The van der Waals surface area contributed by atoms with Crippen LogP contribution in [-0.2, 0) is 27.4 Å². The van der Waals surface area contributed by atoms with Crippen molar-refractivity contribution in [3.63, 3.8) is 0 Å². The summed E-state index contributed by atoms with van der Waals surface area (Å²) in [6.07, 6.45) is 3.76. The first-order valence-corrected chi connectivity index (χ1v) is 9.76. The van der Waals surface area contributed by atoms with Crippen molar-refractivity contribution in [1.82, 2.24) is 0 Å². The number of hydrogen-bond donors (Lipinski definition) is 1. The van der Waals surface area contributed by atoms with E-state index in [-0.39, 0.29) is 23.7 Å². The maximum atomic E-state index is 12.6. The van der Waals surface area contributed by atoms with Crippen molar-refractivity contribution in [2.75, 3.05) is 5.32 Å². The number of carbonyl (C=O) groups excluding carboxylic acids is 2. The molecule has 27 heavy (non-hydrogen) atoms. The summed E-state index contributed by atoms with van der Waals surface area (Å²) in [7, 11) is 0. The summed E-state index contributed by atoms with van der Waals surface area (Å²) in [5.74, 6) is -0.213. The Balaban J connectivity index is 1.46. The molecule has 0 bridgehead atoms. The van der Waals surface area contributed by atoms with Crippen LogP contribution < -0.4 is 5.32 Å². The van der Waals surface area contributed by atoms with E-state index in [4.69, 9.17) is 4.74 Å². The van der Waals surface area contributed by atoms with E-state index in [0.29, 0.717) is 19.4 Å². The van der Waals surface area contributed by atoms with Gasteiger partial charge >= 0.3 is 5.97 Å². The molecule has 3 rings (SSSR count). The summed E-state index contributed by atoms with van der Waals surface area (Å²) in [6.45, 7) is 2.39. The lowest BCUT2D eigenvalue weighted by Gasteiger charge is -2.26. The van der Waals surface area contributed by atoms with Crippen LogP contribution in [0, 0.1) is 11.8 Å². The number of ether oxygens (including phenoxy) is 1. The van der Waals surface area contributed by atoms with Gasteiger partial charge < -0.3 is 10.1 Å². The number of para-hydroxylation sites is 1. The molecular weight excluding hydrogens is 338 g/mol. The van der Waals surface area contributed by atoms with Gasteiger partial charge in [-0.15, -0.1) is 0 Å². The summed E-state index contributed by atoms with van der Waals surface area (Å²) in [4.78, 5) is 24.9. The van der Waals surface area contributed by atoms with Gasteiger partial charge in [0.1, 0.15) is 6.61 Å². The van der Waals surface area contributed by atoms with Crippen LogP contribution in [0.15, 0.2) is 54.6 Å². The number of nitrogens with one attached hydrogen (secondary N) is 1. The zero-order valence-corrected chi connectivity index (χ0v) is 15.8. The average Bonchev–Trinajstić information content (AvgIpc) is 2.73. The van der Waals surface area contributed by atoms with E-state index in [2.05, 4.69) is 12.2 Å². The predicted molar refractivity (Wildman–Crippen MR) is 106 cm³/mol. The number of rotatable bonds is 6. The highest BCUT2D eigenvalue weighted by Crippen LogP contribution is 2.31. The molecule has 0 atom stereocenters. The molecule has 0 aliphatic heterocycles. The van der Waals surface area contributed by atoms with Crippen molar-refractivity contribution in [1.29, 1.82) is 0 Å². The van der Waals surface area contributed by atoms with Crippen LogP contribution in [0.25, 0.3) is 0 Å². The van der Waals surface area contributed by atoms with Gasteiger partial charge in [0.05, 0.1) is 5.92 Å². The smallest absolute Gasteiger partial charge is 0.309 e. The Morgan fingerprint density at radius 2 is 1.56 bits per heavy atom. The second kappa shape index (κ2) is 9.36. The van der Waals surface area contributed by atoms with Gasteiger partial charge in [0.2, 0.25) is 5.91 Å². The van der Waals surface area contributed by atoms with E-state index in [1.165, 1.54) is 0 Å². The lowest BCUT2D eigenvalue weighted by atomic mass is 9.81. The van der Waals surface area contributed by atoms with Gasteiger partial charge in [0.15, 0.2) is 0 Å². The largest absolute Gasteiger partial charge is 0.461 e. The highest BCUT2D eigenvalue weighted by atomic mass is 16.5. The number of hydrogen-bond acceptors (Lipinski definition) is 3. The lowest BCUT2D eigenvalue weighted by molar-refractivity contribution is -0.151. The van der Waals surface area contributed by atoms with Crippen LogP contribution in [0.3, 0.4) is 0 Å². The average molecular weight is 365 g/mol. The van der Waals surface area contributed by atoms with Crippen molar-refractivity contribution < 1.29 is 14.3 Å². The molecule has 2 aromatic carbocycles. The number of amides is 1. The van der Waals surface area contributed by atoms with E-state index in [1.807, 2.05) is 54.6 Å². The Morgan fingerprint density at radius 3 is 2.26 bits per heavy atom. The third-order valence-corrected chi connectivity index (χ3v) is 5.31. The zero-order valence-electron chi connectivity index (χ0n) is 15.8.